The smallest absolute Gasteiger partial charge is 0.121 e. The third kappa shape index (κ3) is 4.02. The zero-order valence-electron chi connectivity index (χ0n) is 11.5. The van der Waals surface area contributed by atoms with Gasteiger partial charge in [-0.05, 0) is 31.5 Å². The van der Waals surface area contributed by atoms with Crippen molar-refractivity contribution in [2.75, 3.05) is 11.9 Å². The van der Waals surface area contributed by atoms with Crippen LogP contribution in [0.1, 0.15) is 31.5 Å². The summed E-state index contributed by atoms with van der Waals surface area (Å²) in [5, 5.41) is 18.7. The molecule has 1 aromatic carbocycles. The van der Waals surface area contributed by atoms with Crippen LogP contribution in [0.3, 0.4) is 0 Å². The van der Waals surface area contributed by atoms with Crippen molar-refractivity contribution >= 4 is 5.69 Å². The molecular weight excluding hydrogens is 252 g/mol. The van der Waals surface area contributed by atoms with E-state index in [1.807, 2.05) is 30.3 Å². The van der Waals surface area contributed by atoms with Crippen molar-refractivity contribution in [3.05, 3.63) is 42.2 Å². The van der Waals surface area contributed by atoms with Gasteiger partial charge in [0.05, 0.1) is 24.4 Å². The Morgan fingerprint density at radius 1 is 1.45 bits per heavy atom. The van der Waals surface area contributed by atoms with Crippen LogP contribution in [0.25, 0.3) is 0 Å². The molecule has 5 heteroatoms. The lowest BCUT2D eigenvalue weighted by atomic mass is 10.2. The Balaban J connectivity index is 1.91. The number of hydrogen-bond donors (Lipinski definition) is 2. The standard InChI is InChI=1S/C15H18N4O/c1-12(15-7-9-17-19-15)18-13-5-4-6-14(11-13)20-10-3-2-8-16/h4-7,9,11-12,18H,2-3,10H2,1H3,(H,17,19). The molecule has 0 aliphatic carbocycles. The average Bonchev–Trinajstić information content (AvgIpc) is 2.98. The summed E-state index contributed by atoms with van der Waals surface area (Å²) >= 11 is 0. The van der Waals surface area contributed by atoms with E-state index in [4.69, 9.17) is 10.00 Å². The maximum atomic E-state index is 8.47. The molecule has 0 saturated heterocycles. The van der Waals surface area contributed by atoms with Crippen molar-refractivity contribution in [1.29, 1.82) is 5.26 Å². The summed E-state index contributed by atoms with van der Waals surface area (Å²) in [7, 11) is 0. The van der Waals surface area contributed by atoms with E-state index < -0.39 is 0 Å². The summed E-state index contributed by atoms with van der Waals surface area (Å²) in [4.78, 5) is 0. The van der Waals surface area contributed by atoms with Gasteiger partial charge in [-0.1, -0.05) is 6.07 Å². The molecule has 0 saturated carbocycles. The molecule has 0 radical (unpaired) electrons. The molecule has 2 N–H and O–H groups in total. The van der Waals surface area contributed by atoms with E-state index in [-0.39, 0.29) is 6.04 Å². The van der Waals surface area contributed by atoms with Crippen LogP contribution in [-0.4, -0.2) is 16.8 Å². The predicted molar refractivity (Wildman–Crippen MR) is 77.4 cm³/mol. The first-order valence-electron chi connectivity index (χ1n) is 6.65. The Bertz CT molecular complexity index is 560. The number of ether oxygens (including phenoxy) is 1. The molecular formula is C15H18N4O. The van der Waals surface area contributed by atoms with Crippen LogP contribution in [-0.2, 0) is 0 Å². The van der Waals surface area contributed by atoms with Crippen molar-refractivity contribution in [2.45, 2.75) is 25.8 Å². The number of hydrogen-bond acceptors (Lipinski definition) is 4. The number of nitrogens with one attached hydrogen (secondary N) is 2. The fraction of sp³-hybridized carbons (Fsp3) is 0.333. The Kier molecular flexibility index (Phi) is 5.01. The van der Waals surface area contributed by atoms with Crippen molar-refractivity contribution in [1.82, 2.24) is 10.2 Å². The van der Waals surface area contributed by atoms with Gasteiger partial charge in [-0.15, -0.1) is 0 Å². The van der Waals surface area contributed by atoms with E-state index in [9.17, 15) is 0 Å². The fourth-order valence-corrected chi connectivity index (χ4v) is 1.85. The third-order valence-electron chi connectivity index (χ3n) is 2.91. The number of aromatic amines is 1. The maximum absolute atomic E-state index is 8.47. The molecule has 0 aliphatic rings. The lowest BCUT2D eigenvalue weighted by Gasteiger charge is -2.14. The van der Waals surface area contributed by atoms with Crippen molar-refractivity contribution in [3.8, 4) is 11.8 Å². The fourth-order valence-electron chi connectivity index (χ4n) is 1.85. The first kappa shape index (κ1) is 13.9. The molecule has 1 unspecified atom stereocenters. The number of unbranched alkanes of at least 4 members (excludes halogenated alkanes) is 1. The Hall–Kier alpha value is -2.48. The Labute approximate surface area is 118 Å². The van der Waals surface area contributed by atoms with Gasteiger partial charge in [0, 0.05) is 24.4 Å². The SMILES string of the molecule is CC(Nc1cccc(OCCCC#N)c1)c1ccn[nH]1. The number of benzene rings is 1. The number of aromatic nitrogens is 2. The van der Waals surface area contributed by atoms with Crippen molar-refractivity contribution < 1.29 is 4.74 Å². The van der Waals surface area contributed by atoms with Gasteiger partial charge in [-0.2, -0.15) is 10.4 Å². The van der Waals surface area contributed by atoms with Crippen LogP contribution in [0.15, 0.2) is 36.5 Å². The second-order valence-electron chi connectivity index (χ2n) is 4.52. The molecule has 0 bridgehead atoms. The number of rotatable bonds is 7. The molecule has 2 rings (SSSR count). The number of nitriles is 1. The molecule has 20 heavy (non-hydrogen) atoms. The van der Waals surface area contributed by atoms with Crippen molar-refractivity contribution in [3.63, 3.8) is 0 Å². The van der Waals surface area contributed by atoms with Gasteiger partial charge >= 0.3 is 0 Å². The molecule has 0 amide bonds. The van der Waals surface area contributed by atoms with Gasteiger partial charge in [-0.3, -0.25) is 5.10 Å². The van der Waals surface area contributed by atoms with E-state index >= 15 is 0 Å². The van der Waals surface area contributed by atoms with Gasteiger partial charge in [0.25, 0.3) is 0 Å². The second kappa shape index (κ2) is 7.19. The minimum atomic E-state index is 0.145. The van der Waals surface area contributed by atoms with Crippen LogP contribution in [0.5, 0.6) is 5.75 Å². The van der Waals surface area contributed by atoms with Gasteiger partial charge in [0.2, 0.25) is 0 Å². The first-order chi connectivity index (χ1) is 9.79. The van der Waals surface area contributed by atoms with E-state index in [2.05, 4.69) is 28.5 Å². The molecule has 1 aromatic heterocycles. The van der Waals surface area contributed by atoms with Gasteiger partial charge in [-0.25, -0.2) is 0 Å². The van der Waals surface area contributed by atoms with Crippen LogP contribution in [0.4, 0.5) is 5.69 Å². The lowest BCUT2D eigenvalue weighted by Crippen LogP contribution is -2.07. The summed E-state index contributed by atoms with van der Waals surface area (Å²) in [5.41, 5.74) is 2.02. The van der Waals surface area contributed by atoms with Gasteiger partial charge in [0.1, 0.15) is 5.75 Å². The average molecular weight is 270 g/mol. The summed E-state index contributed by atoms with van der Waals surface area (Å²) in [5.74, 6) is 0.810. The monoisotopic (exact) mass is 270 g/mol. The van der Waals surface area contributed by atoms with E-state index in [1.165, 1.54) is 0 Å². The minimum Gasteiger partial charge on any atom is -0.493 e. The van der Waals surface area contributed by atoms with Crippen LogP contribution in [0, 0.1) is 11.3 Å². The maximum Gasteiger partial charge on any atom is 0.121 e. The van der Waals surface area contributed by atoms with Crippen LogP contribution in [0.2, 0.25) is 0 Å². The molecule has 0 spiro atoms. The Morgan fingerprint density at radius 2 is 2.35 bits per heavy atom. The second-order valence-corrected chi connectivity index (χ2v) is 4.52. The first-order valence-corrected chi connectivity index (χ1v) is 6.65. The molecule has 104 valence electrons. The number of anilines is 1. The topological polar surface area (TPSA) is 73.7 Å². The predicted octanol–water partition coefficient (Wildman–Crippen LogP) is 3.27. The van der Waals surface area contributed by atoms with Gasteiger partial charge in [0.15, 0.2) is 0 Å². The van der Waals surface area contributed by atoms with E-state index in [0.29, 0.717) is 13.0 Å². The molecule has 1 atom stereocenters. The summed E-state index contributed by atoms with van der Waals surface area (Å²) in [6.07, 6.45) is 3.01. The van der Waals surface area contributed by atoms with Gasteiger partial charge < -0.3 is 10.1 Å². The summed E-state index contributed by atoms with van der Waals surface area (Å²) in [6, 6.07) is 12.0. The highest BCUT2D eigenvalue weighted by Crippen LogP contribution is 2.22. The van der Waals surface area contributed by atoms with E-state index in [0.717, 1.165) is 23.6 Å². The molecule has 0 fully saturated rings. The summed E-state index contributed by atoms with van der Waals surface area (Å²) < 4.78 is 5.61. The zero-order chi connectivity index (χ0) is 14.2. The molecule has 1 heterocycles. The third-order valence-corrected chi connectivity index (χ3v) is 2.91. The normalized spacial score (nSPS) is 11.6. The van der Waals surface area contributed by atoms with E-state index in [1.54, 1.807) is 6.20 Å². The van der Waals surface area contributed by atoms with Crippen molar-refractivity contribution in [2.24, 2.45) is 0 Å². The minimum absolute atomic E-state index is 0.145. The molecule has 2 aromatic rings. The van der Waals surface area contributed by atoms with Crippen LogP contribution < -0.4 is 10.1 Å². The quantitative estimate of drug-likeness (QED) is 0.757. The highest BCUT2D eigenvalue weighted by Gasteiger charge is 2.06. The Morgan fingerprint density at radius 3 is 3.10 bits per heavy atom. The zero-order valence-corrected chi connectivity index (χ0v) is 11.5. The number of nitrogens with zero attached hydrogens (tertiary/aromatic N) is 2. The largest absolute Gasteiger partial charge is 0.493 e. The lowest BCUT2D eigenvalue weighted by molar-refractivity contribution is 0.313. The highest BCUT2D eigenvalue weighted by molar-refractivity contribution is 5.49. The van der Waals surface area contributed by atoms with Crippen LogP contribution >= 0.6 is 0 Å². The molecule has 0 aliphatic heterocycles. The summed E-state index contributed by atoms with van der Waals surface area (Å²) in [6.45, 7) is 2.63. The molecule has 5 nitrogen and oxygen atoms in total. The number of H-pyrrole nitrogens is 1. The highest BCUT2D eigenvalue weighted by atomic mass is 16.5.